The third-order valence-corrected chi connectivity index (χ3v) is 5.83. The number of carbonyl (C=O) groups excluding carboxylic acids is 2. The largest absolute Gasteiger partial charge is 0.497 e. The quantitative estimate of drug-likeness (QED) is 0.214. The zero-order chi connectivity index (χ0) is 22.8. The number of H-pyrrole nitrogens is 2. The number of unbranched alkanes of at least 4 members (excludes halogenated alkanes) is 2. The van der Waals surface area contributed by atoms with Gasteiger partial charge in [-0.1, -0.05) is 38.3 Å². The number of hydrogen-bond acceptors (Lipinski definition) is 5. The Hall–Kier alpha value is -3.22. The molecule has 3 aromatic rings. The van der Waals surface area contributed by atoms with Gasteiger partial charge in [0, 0.05) is 18.3 Å². The van der Waals surface area contributed by atoms with Gasteiger partial charge in [-0.05, 0) is 60.9 Å². The summed E-state index contributed by atoms with van der Waals surface area (Å²) in [7, 11) is 1.68. The first-order valence-electron chi connectivity index (χ1n) is 11.3. The summed E-state index contributed by atoms with van der Waals surface area (Å²) >= 11 is 0. The lowest BCUT2D eigenvalue weighted by atomic mass is 9.89. The second kappa shape index (κ2) is 12.0. The number of ether oxygens (including phenoxy) is 1. The lowest BCUT2D eigenvalue weighted by Gasteiger charge is -2.17. The number of aryl methyl sites for hydroxylation is 1. The molecule has 0 aliphatic rings. The summed E-state index contributed by atoms with van der Waals surface area (Å²) in [5, 5.41) is 6.11. The molecule has 0 aliphatic carbocycles. The molecule has 1 aromatic carbocycles. The number of methoxy groups -OCH3 is 1. The molecule has 2 heterocycles. The number of nitrogens with zero attached hydrogens (tertiary/aromatic N) is 2. The Balaban J connectivity index is 1.51. The van der Waals surface area contributed by atoms with Crippen molar-refractivity contribution in [1.29, 1.82) is 0 Å². The molecule has 0 bridgehead atoms. The summed E-state index contributed by atoms with van der Waals surface area (Å²) in [6, 6.07) is 10.2. The lowest BCUT2D eigenvalue weighted by molar-refractivity contribution is -0.114. The maximum absolute atomic E-state index is 12.5. The van der Waals surface area contributed by atoms with Gasteiger partial charge in [0.2, 0.25) is 5.78 Å². The molecule has 0 spiro atoms. The molecule has 3 rings (SSSR count). The molecular formula is C25H32N4O3. The van der Waals surface area contributed by atoms with E-state index in [1.54, 1.807) is 7.11 Å². The highest BCUT2D eigenvalue weighted by molar-refractivity contribution is 6.43. The normalized spacial score (nSPS) is 11.9. The number of aromatic nitrogens is 4. The molecule has 1 atom stereocenters. The van der Waals surface area contributed by atoms with Gasteiger partial charge in [-0.2, -0.15) is 5.10 Å². The Morgan fingerprint density at radius 3 is 2.56 bits per heavy atom. The standard InChI is InChI=1S/C25H32N4O3/c1-3-7-19(9-6-4-5-8-18-10-12-21(32-2)13-11-18)23-20(14-15-26-23)16-22(30)24(31)25-27-17-28-29-25/h10-15,17,19,26H,3-9,16H2,1-2H3,(H,27,28,29). The van der Waals surface area contributed by atoms with E-state index in [9.17, 15) is 9.59 Å². The van der Waals surface area contributed by atoms with Crippen LogP contribution in [0.4, 0.5) is 0 Å². The van der Waals surface area contributed by atoms with Crippen LogP contribution in [-0.2, 0) is 17.6 Å². The van der Waals surface area contributed by atoms with Gasteiger partial charge in [0.05, 0.1) is 7.11 Å². The number of Topliss-reactive ketones (excluding diaryl/α,β-unsaturated/α-hetero) is 2. The monoisotopic (exact) mass is 436 g/mol. The highest BCUT2D eigenvalue weighted by Crippen LogP contribution is 2.29. The fourth-order valence-corrected chi connectivity index (χ4v) is 4.12. The molecule has 32 heavy (non-hydrogen) atoms. The van der Waals surface area contributed by atoms with Crippen molar-refractivity contribution in [2.45, 2.75) is 64.2 Å². The van der Waals surface area contributed by atoms with Gasteiger partial charge in [0.15, 0.2) is 5.82 Å². The van der Waals surface area contributed by atoms with Crippen molar-refractivity contribution < 1.29 is 14.3 Å². The van der Waals surface area contributed by atoms with Gasteiger partial charge >= 0.3 is 0 Å². The van der Waals surface area contributed by atoms with E-state index in [0.717, 1.165) is 62.0 Å². The van der Waals surface area contributed by atoms with Crippen LogP contribution < -0.4 is 4.74 Å². The Kier molecular flexibility index (Phi) is 8.78. The van der Waals surface area contributed by atoms with E-state index in [0.29, 0.717) is 5.92 Å². The molecule has 0 fully saturated rings. The number of nitrogens with one attached hydrogen (secondary N) is 2. The molecule has 7 heteroatoms. The highest BCUT2D eigenvalue weighted by Gasteiger charge is 2.23. The van der Waals surface area contributed by atoms with Crippen LogP contribution >= 0.6 is 0 Å². The van der Waals surface area contributed by atoms with E-state index in [2.05, 4.69) is 39.2 Å². The third kappa shape index (κ3) is 6.39. The second-order valence-corrected chi connectivity index (χ2v) is 8.11. The topological polar surface area (TPSA) is 101 Å². The average molecular weight is 437 g/mol. The number of hydrogen-bond donors (Lipinski definition) is 2. The minimum atomic E-state index is -0.625. The van der Waals surface area contributed by atoms with Crippen LogP contribution in [0, 0.1) is 0 Å². The lowest BCUT2D eigenvalue weighted by Crippen LogP contribution is -2.19. The summed E-state index contributed by atoms with van der Waals surface area (Å²) < 4.78 is 5.21. The molecule has 0 aliphatic heterocycles. The van der Waals surface area contributed by atoms with Crippen LogP contribution in [0.15, 0.2) is 42.9 Å². The molecule has 2 N–H and O–H groups in total. The van der Waals surface area contributed by atoms with Crippen LogP contribution in [0.2, 0.25) is 0 Å². The minimum absolute atomic E-state index is 0.00551. The molecule has 7 nitrogen and oxygen atoms in total. The minimum Gasteiger partial charge on any atom is -0.497 e. The zero-order valence-electron chi connectivity index (χ0n) is 18.9. The third-order valence-electron chi connectivity index (χ3n) is 5.83. The van der Waals surface area contributed by atoms with Crippen molar-refractivity contribution in [3.63, 3.8) is 0 Å². The van der Waals surface area contributed by atoms with Crippen molar-refractivity contribution in [3.05, 3.63) is 65.5 Å². The first-order chi connectivity index (χ1) is 15.6. The number of rotatable bonds is 14. The van der Waals surface area contributed by atoms with Gasteiger partial charge in [0.25, 0.3) is 5.78 Å². The van der Waals surface area contributed by atoms with Crippen molar-refractivity contribution >= 4 is 11.6 Å². The van der Waals surface area contributed by atoms with Gasteiger partial charge in [-0.25, -0.2) is 4.98 Å². The SMILES string of the molecule is CCCC(CCCCCc1ccc(OC)cc1)c1[nH]ccc1CC(=O)C(=O)c1ncn[nH]1. The van der Waals surface area contributed by atoms with Crippen LogP contribution in [0.3, 0.4) is 0 Å². The van der Waals surface area contributed by atoms with Crippen LogP contribution in [0.25, 0.3) is 0 Å². The molecule has 0 saturated carbocycles. The van der Waals surface area contributed by atoms with E-state index >= 15 is 0 Å². The van der Waals surface area contributed by atoms with E-state index in [4.69, 9.17) is 4.74 Å². The van der Waals surface area contributed by atoms with Gasteiger partial charge in [-0.15, -0.1) is 0 Å². The first-order valence-corrected chi connectivity index (χ1v) is 11.3. The predicted molar refractivity (Wildman–Crippen MR) is 123 cm³/mol. The Morgan fingerprint density at radius 1 is 1.06 bits per heavy atom. The first kappa shape index (κ1) is 23.4. The summed E-state index contributed by atoms with van der Waals surface area (Å²) in [5.74, 6) is 0.143. The maximum Gasteiger partial charge on any atom is 0.265 e. The van der Waals surface area contributed by atoms with Gasteiger partial charge in [-0.3, -0.25) is 14.7 Å². The fraction of sp³-hybridized carbons (Fsp3) is 0.440. The van der Waals surface area contributed by atoms with E-state index in [-0.39, 0.29) is 12.2 Å². The van der Waals surface area contributed by atoms with Gasteiger partial charge in [0.1, 0.15) is 12.1 Å². The molecule has 0 amide bonds. The predicted octanol–water partition coefficient (Wildman–Crippen LogP) is 4.82. The van der Waals surface area contributed by atoms with Crippen molar-refractivity contribution in [1.82, 2.24) is 20.2 Å². The van der Waals surface area contributed by atoms with Crippen molar-refractivity contribution in [3.8, 4) is 5.75 Å². The van der Waals surface area contributed by atoms with Crippen LogP contribution in [0.1, 0.15) is 78.8 Å². The number of carbonyl (C=O) groups is 2. The van der Waals surface area contributed by atoms with Crippen molar-refractivity contribution in [2.75, 3.05) is 7.11 Å². The average Bonchev–Trinajstić information content (AvgIpc) is 3.50. The summed E-state index contributed by atoms with van der Waals surface area (Å²) in [4.78, 5) is 31.8. The highest BCUT2D eigenvalue weighted by atomic mass is 16.5. The second-order valence-electron chi connectivity index (χ2n) is 8.11. The van der Waals surface area contributed by atoms with E-state index in [1.807, 2.05) is 24.4 Å². The van der Waals surface area contributed by atoms with Gasteiger partial charge < -0.3 is 9.72 Å². The molecule has 0 radical (unpaired) electrons. The summed E-state index contributed by atoms with van der Waals surface area (Å²) in [5.41, 5.74) is 3.32. The summed E-state index contributed by atoms with van der Waals surface area (Å²) in [6.07, 6.45) is 10.9. The summed E-state index contributed by atoms with van der Waals surface area (Å²) in [6.45, 7) is 2.18. The maximum atomic E-state index is 12.5. The van der Waals surface area contributed by atoms with Crippen LogP contribution in [0.5, 0.6) is 5.75 Å². The Morgan fingerprint density at radius 2 is 1.88 bits per heavy atom. The molecule has 2 aromatic heterocycles. The molecule has 0 saturated heterocycles. The number of ketones is 2. The molecule has 1 unspecified atom stereocenters. The van der Waals surface area contributed by atoms with Crippen LogP contribution in [-0.4, -0.2) is 38.8 Å². The zero-order valence-corrected chi connectivity index (χ0v) is 18.9. The van der Waals surface area contributed by atoms with Crippen molar-refractivity contribution in [2.24, 2.45) is 0 Å². The smallest absolute Gasteiger partial charge is 0.265 e. The van der Waals surface area contributed by atoms with E-state index in [1.165, 1.54) is 11.9 Å². The Labute approximate surface area is 189 Å². The number of aromatic amines is 2. The molecule has 170 valence electrons. The van der Waals surface area contributed by atoms with E-state index < -0.39 is 11.6 Å². The molecular weight excluding hydrogens is 404 g/mol. The Bertz CT molecular complexity index is 977. The number of benzene rings is 1. The fourth-order valence-electron chi connectivity index (χ4n) is 4.12.